The normalized spacial score (nSPS) is 36.6. The minimum absolute atomic E-state index is 0.411. The predicted octanol–water partition coefficient (Wildman–Crippen LogP) is 3.05. The first-order chi connectivity index (χ1) is 6.53. The Balaban J connectivity index is 1.77. The van der Waals surface area contributed by atoms with Gasteiger partial charge in [-0.2, -0.15) is 0 Å². The molecular weight excluding hydrogens is 170 g/mol. The van der Waals surface area contributed by atoms with Crippen LogP contribution in [0.15, 0.2) is 0 Å². The van der Waals surface area contributed by atoms with Crippen LogP contribution in [-0.2, 0) is 0 Å². The Bertz CT molecular complexity index is 242. The molecule has 1 heterocycles. The Morgan fingerprint density at radius 3 is 2.14 bits per heavy atom. The lowest BCUT2D eigenvalue weighted by molar-refractivity contribution is -0.173. The summed E-state index contributed by atoms with van der Waals surface area (Å²) in [7, 11) is 0. The van der Waals surface area contributed by atoms with Crippen LogP contribution in [0.3, 0.4) is 0 Å². The SMILES string of the molecule is CC(C)(C)N1CC2(CCC2)[C@@H]1C1CC1. The summed E-state index contributed by atoms with van der Waals surface area (Å²) in [5.74, 6) is 1.07. The van der Waals surface area contributed by atoms with Crippen molar-refractivity contribution in [2.24, 2.45) is 11.3 Å². The highest BCUT2D eigenvalue weighted by molar-refractivity contribution is 5.15. The average Bonchev–Trinajstić information content (AvgIpc) is 2.61. The van der Waals surface area contributed by atoms with Crippen molar-refractivity contribution in [3.63, 3.8) is 0 Å². The molecule has 1 nitrogen and oxygen atoms in total. The van der Waals surface area contributed by atoms with Crippen LogP contribution >= 0.6 is 0 Å². The van der Waals surface area contributed by atoms with Crippen LogP contribution in [0.4, 0.5) is 0 Å². The molecule has 0 unspecified atom stereocenters. The Kier molecular flexibility index (Phi) is 1.68. The molecule has 1 heteroatoms. The molecule has 1 spiro atoms. The van der Waals surface area contributed by atoms with Gasteiger partial charge in [-0.15, -0.1) is 0 Å². The first kappa shape index (κ1) is 9.21. The van der Waals surface area contributed by atoms with E-state index in [-0.39, 0.29) is 0 Å². The molecule has 2 saturated carbocycles. The zero-order chi connectivity index (χ0) is 9.97. The summed E-state index contributed by atoms with van der Waals surface area (Å²) >= 11 is 0. The number of rotatable bonds is 1. The summed E-state index contributed by atoms with van der Waals surface area (Å²) < 4.78 is 0. The quantitative estimate of drug-likeness (QED) is 0.618. The standard InChI is InChI=1S/C13H23N/c1-12(2,3)14-9-13(7-4-8-13)11(14)10-5-6-10/h10-11H,4-9H2,1-3H3/t11-/m0/s1. The van der Waals surface area contributed by atoms with Crippen molar-refractivity contribution in [2.75, 3.05) is 6.54 Å². The van der Waals surface area contributed by atoms with Crippen molar-refractivity contribution in [3.05, 3.63) is 0 Å². The van der Waals surface area contributed by atoms with Gasteiger partial charge in [-0.3, -0.25) is 4.90 Å². The Morgan fingerprint density at radius 1 is 1.14 bits per heavy atom. The summed E-state index contributed by atoms with van der Waals surface area (Å²) in [6.45, 7) is 8.55. The fourth-order valence-electron chi connectivity index (χ4n) is 3.65. The van der Waals surface area contributed by atoms with Crippen LogP contribution in [0.5, 0.6) is 0 Å². The van der Waals surface area contributed by atoms with Crippen molar-refractivity contribution in [3.8, 4) is 0 Å². The summed E-state index contributed by atoms with van der Waals surface area (Å²) in [5.41, 5.74) is 1.21. The molecular formula is C13H23N. The average molecular weight is 193 g/mol. The largest absolute Gasteiger partial charge is 0.294 e. The number of hydrogen-bond acceptors (Lipinski definition) is 1. The number of hydrogen-bond donors (Lipinski definition) is 0. The van der Waals surface area contributed by atoms with Crippen molar-refractivity contribution in [1.82, 2.24) is 4.90 Å². The topological polar surface area (TPSA) is 3.24 Å². The summed E-state index contributed by atoms with van der Waals surface area (Å²) in [4.78, 5) is 2.78. The van der Waals surface area contributed by atoms with Gasteiger partial charge in [0.2, 0.25) is 0 Å². The van der Waals surface area contributed by atoms with Crippen LogP contribution in [0.25, 0.3) is 0 Å². The number of likely N-dealkylation sites (tertiary alicyclic amines) is 1. The highest BCUT2D eigenvalue weighted by Gasteiger charge is 2.62. The fourth-order valence-corrected chi connectivity index (χ4v) is 3.65. The number of nitrogens with zero attached hydrogens (tertiary/aromatic N) is 1. The summed E-state index contributed by atoms with van der Waals surface area (Å²) in [5, 5.41) is 0. The molecule has 14 heavy (non-hydrogen) atoms. The molecule has 0 aromatic heterocycles. The molecule has 80 valence electrons. The van der Waals surface area contributed by atoms with E-state index < -0.39 is 0 Å². The molecule has 0 bridgehead atoms. The second-order valence-corrected chi connectivity index (χ2v) is 6.80. The molecule has 0 N–H and O–H groups in total. The van der Waals surface area contributed by atoms with E-state index >= 15 is 0 Å². The van der Waals surface area contributed by atoms with Gasteiger partial charge >= 0.3 is 0 Å². The van der Waals surface area contributed by atoms with E-state index in [9.17, 15) is 0 Å². The lowest BCUT2D eigenvalue weighted by Crippen LogP contribution is -2.72. The van der Waals surface area contributed by atoms with Crippen LogP contribution in [0.2, 0.25) is 0 Å². The first-order valence-corrected chi connectivity index (χ1v) is 6.30. The van der Waals surface area contributed by atoms with Crippen LogP contribution in [0, 0.1) is 11.3 Å². The van der Waals surface area contributed by atoms with Crippen LogP contribution in [-0.4, -0.2) is 23.0 Å². The van der Waals surface area contributed by atoms with Crippen molar-refractivity contribution < 1.29 is 0 Å². The van der Waals surface area contributed by atoms with E-state index in [0.29, 0.717) is 5.54 Å². The fraction of sp³-hybridized carbons (Fsp3) is 1.00. The minimum Gasteiger partial charge on any atom is -0.294 e. The third-order valence-corrected chi connectivity index (χ3v) is 4.73. The van der Waals surface area contributed by atoms with Gasteiger partial charge in [-0.1, -0.05) is 6.42 Å². The van der Waals surface area contributed by atoms with Gasteiger partial charge < -0.3 is 0 Å². The molecule has 2 aliphatic carbocycles. The highest BCUT2D eigenvalue weighted by Crippen LogP contribution is 2.61. The smallest absolute Gasteiger partial charge is 0.0198 e. The minimum atomic E-state index is 0.411. The van der Waals surface area contributed by atoms with E-state index in [1.54, 1.807) is 0 Å². The van der Waals surface area contributed by atoms with Crippen molar-refractivity contribution >= 4 is 0 Å². The van der Waals surface area contributed by atoms with Gasteiger partial charge in [-0.25, -0.2) is 0 Å². The van der Waals surface area contributed by atoms with E-state index in [1.165, 1.54) is 38.6 Å². The second kappa shape index (κ2) is 2.55. The van der Waals surface area contributed by atoms with E-state index in [2.05, 4.69) is 25.7 Å². The van der Waals surface area contributed by atoms with Crippen LogP contribution < -0.4 is 0 Å². The Hall–Kier alpha value is -0.0400. The second-order valence-electron chi connectivity index (χ2n) is 6.80. The molecule has 0 aromatic carbocycles. The lowest BCUT2D eigenvalue weighted by Gasteiger charge is -2.67. The molecule has 1 atom stereocenters. The third-order valence-electron chi connectivity index (χ3n) is 4.73. The zero-order valence-electron chi connectivity index (χ0n) is 9.84. The molecule has 3 aliphatic rings. The maximum atomic E-state index is 2.78. The maximum Gasteiger partial charge on any atom is 0.0198 e. The highest BCUT2D eigenvalue weighted by atomic mass is 15.3. The Labute approximate surface area is 87.9 Å². The van der Waals surface area contributed by atoms with Crippen molar-refractivity contribution in [2.45, 2.75) is 64.5 Å². The van der Waals surface area contributed by atoms with E-state index in [4.69, 9.17) is 0 Å². The summed E-state index contributed by atoms with van der Waals surface area (Å²) in [6.07, 6.45) is 7.58. The molecule has 1 aliphatic heterocycles. The van der Waals surface area contributed by atoms with E-state index in [0.717, 1.165) is 17.4 Å². The predicted molar refractivity (Wildman–Crippen MR) is 59.3 cm³/mol. The lowest BCUT2D eigenvalue weighted by atomic mass is 9.55. The molecule has 0 amide bonds. The molecule has 3 fully saturated rings. The van der Waals surface area contributed by atoms with Gasteiger partial charge in [-0.05, 0) is 57.8 Å². The van der Waals surface area contributed by atoms with Crippen molar-refractivity contribution in [1.29, 1.82) is 0 Å². The maximum absolute atomic E-state index is 2.78. The first-order valence-electron chi connectivity index (χ1n) is 6.30. The third kappa shape index (κ3) is 1.11. The summed E-state index contributed by atoms with van der Waals surface area (Å²) in [6, 6.07) is 0.969. The van der Waals surface area contributed by atoms with Gasteiger partial charge in [0.05, 0.1) is 0 Å². The molecule has 0 aromatic rings. The van der Waals surface area contributed by atoms with Crippen LogP contribution in [0.1, 0.15) is 52.9 Å². The zero-order valence-corrected chi connectivity index (χ0v) is 9.84. The van der Waals surface area contributed by atoms with Gasteiger partial charge in [0.15, 0.2) is 0 Å². The molecule has 1 saturated heterocycles. The Morgan fingerprint density at radius 2 is 1.79 bits per heavy atom. The molecule has 3 rings (SSSR count). The molecule has 0 radical (unpaired) electrons. The van der Waals surface area contributed by atoms with Gasteiger partial charge in [0.1, 0.15) is 0 Å². The van der Waals surface area contributed by atoms with Gasteiger partial charge in [0, 0.05) is 18.1 Å². The van der Waals surface area contributed by atoms with Gasteiger partial charge in [0.25, 0.3) is 0 Å². The monoisotopic (exact) mass is 193 g/mol. The van der Waals surface area contributed by atoms with E-state index in [1.807, 2.05) is 0 Å².